The quantitative estimate of drug-likeness (QED) is 0.439. The number of ether oxygens (including phenoxy) is 1. The SMILES string of the molecule is COc1ccc(C2=NN(C3=NC(=O)[C@@H](CC(=O)Nc4cccc(Cl)c4)S3)[C@@H](c3ccccc3F)C2)cc1. The van der Waals surface area contributed by atoms with Crippen LogP contribution >= 0.6 is 23.4 Å². The van der Waals surface area contributed by atoms with Crippen LogP contribution in [0.4, 0.5) is 10.1 Å². The largest absolute Gasteiger partial charge is 0.497 e. The molecule has 1 N–H and O–H groups in total. The lowest BCUT2D eigenvalue weighted by Gasteiger charge is -2.23. The zero-order chi connectivity index (χ0) is 25.9. The van der Waals surface area contributed by atoms with E-state index in [1.165, 1.54) is 6.07 Å². The summed E-state index contributed by atoms with van der Waals surface area (Å²) in [5.74, 6) is -0.415. The third kappa shape index (κ3) is 5.52. The number of amides is 2. The van der Waals surface area contributed by atoms with Crippen LogP contribution in [0, 0.1) is 5.82 Å². The van der Waals surface area contributed by atoms with Crippen molar-refractivity contribution in [3.63, 3.8) is 0 Å². The molecule has 5 rings (SSSR count). The van der Waals surface area contributed by atoms with Gasteiger partial charge in [0.15, 0.2) is 5.17 Å². The van der Waals surface area contributed by atoms with Gasteiger partial charge in [0.25, 0.3) is 5.91 Å². The van der Waals surface area contributed by atoms with Gasteiger partial charge in [-0.1, -0.05) is 47.6 Å². The van der Waals surface area contributed by atoms with Crippen LogP contribution < -0.4 is 10.1 Å². The first-order chi connectivity index (χ1) is 17.9. The van der Waals surface area contributed by atoms with Gasteiger partial charge in [-0.05, 0) is 54.1 Å². The van der Waals surface area contributed by atoms with E-state index in [1.54, 1.807) is 54.6 Å². The summed E-state index contributed by atoms with van der Waals surface area (Å²) in [6, 6.07) is 20.2. The van der Waals surface area contributed by atoms with E-state index in [-0.39, 0.29) is 18.1 Å². The maximum absolute atomic E-state index is 14.8. The number of benzene rings is 3. The molecular weight excluding hydrogens is 515 g/mol. The smallest absolute Gasteiger partial charge is 0.262 e. The van der Waals surface area contributed by atoms with Crippen LogP contribution in [0.3, 0.4) is 0 Å². The Labute approximate surface area is 222 Å². The number of halogens is 2. The summed E-state index contributed by atoms with van der Waals surface area (Å²) in [7, 11) is 1.59. The topological polar surface area (TPSA) is 83.4 Å². The zero-order valence-electron chi connectivity index (χ0n) is 19.7. The molecule has 0 aromatic heterocycles. The van der Waals surface area contributed by atoms with Gasteiger partial charge >= 0.3 is 0 Å². The summed E-state index contributed by atoms with van der Waals surface area (Å²) < 4.78 is 20.1. The van der Waals surface area contributed by atoms with Gasteiger partial charge < -0.3 is 10.1 Å². The van der Waals surface area contributed by atoms with Gasteiger partial charge in [-0.2, -0.15) is 10.1 Å². The van der Waals surface area contributed by atoms with Crippen LogP contribution in [-0.4, -0.2) is 40.1 Å². The van der Waals surface area contributed by atoms with Gasteiger partial charge in [-0.15, -0.1) is 0 Å². The number of nitrogens with one attached hydrogen (secondary N) is 1. The maximum atomic E-state index is 14.8. The van der Waals surface area contributed by atoms with Crippen LogP contribution in [0.15, 0.2) is 82.9 Å². The average molecular weight is 537 g/mol. The standard InChI is InChI=1S/C27H22ClFN4O3S/c1-36-19-11-9-16(10-12-19)22-14-23(20-7-2-3-8-21(20)29)33(32-22)27-31-26(35)24(37-27)15-25(34)30-18-6-4-5-17(28)13-18/h2-13,23-24H,14-15H2,1H3,(H,30,34)/t23-,24-/m1/s1. The molecule has 188 valence electrons. The highest BCUT2D eigenvalue weighted by Gasteiger charge is 2.39. The molecule has 0 aliphatic carbocycles. The summed E-state index contributed by atoms with van der Waals surface area (Å²) in [6.45, 7) is 0. The molecule has 0 saturated carbocycles. The third-order valence-electron chi connectivity index (χ3n) is 6.00. The predicted molar refractivity (Wildman–Crippen MR) is 144 cm³/mol. The van der Waals surface area contributed by atoms with Gasteiger partial charge in [0.2, 0.25) is 5.91 Å². The Morgan fingerprint density at radius 3 is 2.68 bits per heavy atom. The molecule has 0 saturated heterocycles. The van der Waals surface area contributed by atoms with Crippen LogP contribution in [0.2, 0.25) is 5.02 Å². The van der Waals surface area contributed by atoms with Crippen molar-refractivity contribution in [3.8, 4) is 5.75 Å². The number of carbonyl (C=O) groups excluding carboxylic acids is 2. The fourth-order valence-electron chi connectivity index (χ4n) is 4.18. The van der Waals surface area contributed by atoms with E-state index in [2.05, 4.69) is 10.3 Å². The van der Waals surface area contributed by atoms with Crippen LogP contribution in [-0.2, 0) is 9.59 Å². The molecule has 37 heavy (non-hydrogen) atoms. The minimum absolute atomic E-state index is 0.0731. The number of hydrogen-bond donors (Lipinski definition) is 1. The molecule has 3 aromatic carbocycles. The van der Waals surface area contributed by atoms with Crippen LogP contribution in [0.1, 0.15) is 30.0 Å². The van der Waals surface area contributed by atoms with E-state index >= 15 is 0 Å². The lowest BCUT2D eigenvalue weighted by Crippen LogP contribution is -2.25. The molecule has 3 aromatic rings. The van der Waals surface area contributed by atoms with E-state index in [9.17, 15) is 14.0 Å². The molecule has 2 atom stereocenters. The number of nitrogens with zero attached hydrogens (tertiary/aromatic N) is 3. The molecule has 2 amide bonds. The van der Waals surface area contributed by atoms with E-state index < -0.39 is 17.2 Å². The Hall–Kier alpha value is -3.69. The Bertz CT molecular complexity index is 1410. The van der Waals surface area contributed by atoms with Gasteiger partial charge in [0, 0.05) is 29.1 Å². The minimum atomic E-state index is -0.712. The molecule has 7 nitrogen and oxygen atoms in total. The molecule has 10 heteroatoms. The fraction of sp³-hybridized carbons (Fsp3) is 0.185. The lowest BCUT2D eigenvalue weighted by molar-refractivity contribution is -0.121. The molecule has 0 bridgehead atoms. The molecular formula is C27H22ClFN4O3S. The number of anilines is 1. The number of hydrazone groups is 1. The summed E-state index contributed by atoms with van der Waals surface area (Å²) in [4.78, 5) is 29.5. The second kappa shape index (κ2) is 10.7. The number of rotatable bonds is 6. The molecule has 0 spiro atoms. The van der Waals surface area contributed by atoms with Crippen molar-refractivity contribution in [1.29, 1.82) is 0 Å². The first kappa shape index (κ1) is 25.0. The molecule has 0 fully saturated rings. The first-order valence-electron chi connectivity index (χ1n) is 11.5. The Balaban J connectivity index is 1.36. The summed E-state index contributed by atoms with van der Waals surface area (Å²) in [6.07, 6.45) is 0.344. The Morgan fingerprint density at radius 2 is 1.95 bits per heavy atom. The fourth-order valence-corrected chi connectivity index (χ4v) is 5.44. The first-order valence-corrected chi connectivity index (χ1v) is 12.8. The molecule has 0 unspecified atom stereocenters. The van der Waals surface area contributed by atoms with Crippen molar-refractivity contribution < 1.29 is 18.7 Å². The van der Waals surface area contributed by atoms with Crippen molar-refractivity contribution in [2.24, 2.45) is 10.1 Å². The lowest BCUT2D eigenvalue weighted by atomic mass is 9.98. The number of aliphatic imine (C=N–C) groups is 1. The maximum Gasteiger partial charge on any atom is 0.262 e. The van der Waals surface area contributed by atoms with Gasteiger partial charge in [-0.25, -0.2) is 9.40 Å². The van der Waals surface area contributed by atoms with Crippen molar-refractivity contribution in [3.05, 3.63) is 94.8 Å². The highest BCUT2D eigenvalue weighted by Crippen LogP contribution is 2.39. The average Bonchev–Trinajstić information content (AvgIpc) is 3.48. The molecule has 2 aliphatic heterocycles. The number of thioether (sulfide) groups is 1. The number of amidine groups is 1. The zero-order valence-corrected chi connectivity index (χ0v) is 21.3. The number of hydrogen-bond acceptors (Lipinski definition) is 6. The Morgan fingerprint density at radius 1 is 1.16 bits per heavy atom. The summed E-state index contributed by atoms with van der Waals surface area (Å²) in [5, 5.41) is 9.21. The molecule has 2 aliphatic rings. The number of carbonyl (C=O) groups is 2. The van der Waals surface area contributed by atoms with Crippen LogP contribution in [0.25, 0.3) is 0 Å². The highest BCUT2D eigenvalue weighted by molar-refractivity contribution is 8.15. The van der Waals surface area contributed by atoms with E-state index in [0.29, 0.717) is 33.6 Å². The van der Waals surface area contributed by atoms with Gasteiger partial charge in [0.05, 0.1) is 18.9 Å². The van der Waals surface area contributed by atoms with E-state index in [1.807, 2.05) is 24.3 Å². The molecule has 0 radical (unpaired) electrons. The second-order valence-corrected chi connectivity index (χ2v) is 10.1. The summed E-state index contributed by atoms with van der Waals surface area (Å²) in [5.41, 5.74) is 2.58. The van der Waals surface area contributed by atoms with Crippen molar-refractivity contribution >= 4 is 51.7 Å². The van der Waals surface area contributed by atoms with Gasteiger partial charge in [0.1, 0.15) is 16.8 Å². The monoisotopic (exact) mass is 536 g/mol. The second-order valence-electron chi connectivity index (χ2n) is 8.46. The normalized spacial score (nSPS) is 19.0. The third-order valence-corrected chi connectivity index (χ3v) is 7.38. The van der Waals surface area contributed by atoms with Crippen LogP contribution in [0.5, 0.6) is 5.75 Å². The van der Waals surface area contributed by atoms with E-state index in [0.717, 1.165) is 23.0 Å². The van der Waals surface area contributed by atoms with Crippen molar-refractivity contribution in [2.45, 2.75) is 24.1 Å². The number of methoxy groups -OCH3 is 1. The van der Waals surface area contributed by atoms with E-state index in [4.69, 9.17) is 21.4 Å². The van der Waals surface area contributed by atoms with Crippen molar-refractivity contribution in [2.75, 3.05) is 12.4 Å². The minimum Gasteiger partial charge on any atom is -0.497 e. The van der Waals surface area contributed by atoms with Gasteiger partial charge in [-0.3, -0.25) is 9.59 Å². The molecule has 2 heterocycles. The Kier molecular flexibility index (Phi) is 7.25. The van der Waals surface area contributed by atoms with Crippen molar-refractivity contribution in [1.82, 2.24) is 5.01 Å². The summed E-state index contributed by atoms with van der Waals surface area (Å²) >= 11 is 7.14. The predicted octanol–water partition coefficient (Wildman–Crippen LogP) is 5.67. The highest BCUT2D eigenvalue weighted by atomic mass is 35.5.